The van der Waals surface area contributed by atoms with E-state index in [1.54, 1.807) is 24.3 Å². The molecule has 90 valence electrons. The van der Waals surface area contributed by atoms with Crippen molar-refractivity contribution < 1.29 is 14.6 Å². The minimum Gasteiger partial charge on any atom is -0.494 e. The molecule has 2 N–H and O–H groups in total. The number of nitrogens with one attached hydrogen (secondary N) is 1. The number of ether oxygens (including phenoxy) is 1. The van der Waals surface area contributed by atoms with Crippen LogP contribution >= 0.6 is 0 Å². The van der Waals surface area contributed by atoms with Crippen LogP contribution in [0.1, 0.15) is 18.5 Å². The van der Waals surface area contributed by atoms with Crippen molar-refractivity contribution in [1.29, 1.82) is 5.26 Å². The molecule has 17 heavy (non-hydrogen) atoms. The Hall–Kier alpha value is -2.06. The van der Waals surface area contributed by atoms with Gasteiger partial charge in [-0.15, -0.1) is 0 Å². The van der Waals surface area contributed by atoms with Crippen molar-refractivity contribution >= 4 is 5.97 Å². The third-order valence-corrected chi connectivity index (χ3v) is 2.09. The van der Waals surface area contributed by atoms with Crippen LogP contribution in [-0.2, 0) is 4.79 Å². The molecule has 1 unspecified atom stereocenters. The maximum Gasteiger partial charge on any atom is 0.317 e. The van der Waals surface area contributed by atoms with E-state index in [2.05, 4.69) is 5.32 Å². The summed E-state index contributed by atoms with van der Waals surface area (Å²) in [5.74, 6) is -0.325. The van der Waals surface area contributed by atoms with Crippen molar-refractivity contribution in [2.24, 2.45) is 0 Å². The van der Waals surface area contributed by atoms with Gasteiger partial charge in [0.05, 0.1) is 19.2 Å². The van der Waals surface area contributed by atoms with E-state index in [1.165, 1.54) is 0 Å². The summed E-state index contributed by atoms with van der Waals surface area (Å²) in [6.45, 7) is 2.16. The zero-order valence-electron chi connectivity index (χ0n) is 9.51. The van der Waals surface area contributed by atoms with E-state index in [-0.39, 0.29) is 6.54 Å². The molecule has 0 aromatic heterocycles. The van der Waals surface area contributed by atoms with Crippen LogP contribution in [0.25, 0.3) is 0 Å². The van der Waals surface area contributed by atoms with Crippen LogP contribution in [0.5, 0.6) is 5.75 Å². The normalized spacial score (nSPS) is 11.5. The second-order valence-electron chi connectivity index (χ2n) is 3.34. The predicted octanol–water partition coefficient (Wildman–Crippen LogP) is 1.32. The van der Waals surface area contributed by atoms with Crippen LogP contribution in [-0.4, -0.2) is 24.2 Å². The van der Waals surface area contributed by atoms with Crippen molar-refractivity contribution in [2.45, 2.75) is 13.0 Å². The van der Waals surface area contributed by atoms with Gasteiger partial charge in [0.15, 0.2) is 0 Å². The van der Waals surface area contributed by atoms with E-state index >= 15 is 0 Å². The van der Waals surface area contributed by atoms with Crippen molar-refractivity contribution in [3.8, 4) is 11.8 Å². The molecule has 5 heteroatoms. The Balaban J connectivity index is 2.77. The van der Waals surface area contributed by atoms with Gasteiger partial charge in [0.1, 0.15) is 11.8 Å². The molecule has 0 bridgehead atoms. The number of rotatable bonds is 6. The molecular formula is C12H14N2O3. The van der Waals surface area contributed by atoms with Crippen LogP contribution in [0.15, 0.2) is 24.3 Å². The molecule has 5 nitrogen and oxygen atoms in total. The second-order valence-corrected chi connectivity index (χ2v) is 3.34. The number of hydrogen-bond acceptors (Lipinski definition) is 4. The molecule has 0 radical (unpaired) electrons. The van der Waals surface area contributed by atoms with Gasteiger partial charge >= 0.3 is 5.97 Å². The van der Waals surface area contributed by atoms with E-state index in [9.17, 15) is 4.79 Å². The number of nitriles is 1. The highest BCUT2D eigenvalue weighted by molar-refractivity contribution is 5.69. The first kappa shape index (κ1) is 13.0. The summed E-state index contributed by atoms with van der Waals surface area (Å²) < 4.78 is 5.31. The number of aliphatic carboxylic acids is 1. The fourth-order valence-corrected chi connectivity index (χ4v) is 1.38. The summed E-state index contributed by atoms with van der Waals surface area (Å²) in [5.41, 5.74) is 0.694. The lowest BCUT2D eigenvalue weighted by Crippen LogP contribution is -2.26. The first-order chi connectivity index (χ1) is 8.17. The lowest BCUT2D eigenvalue weighted by Gasteiger charge is -2.11. The van der Waals surface area contributed by atoms with Gasteiger partial charge in [-0.1, -0.05) is 12.1 Å². The third kappa shape index (κ3) is 4.13. The zero-order valence-corrected chi connectivity index (χ0v) is 9.51. The zero-order chi connectivity index (χ0) is 12.7. The maximum atomic E-state index is 10.4. The Morgan fingerprint density at radius 1 is 1.65 bits per heavy atom. The summed E-state index contributed by atoms with van der Waals surface area (Å²) in [4.78, 5) is 10.4. The summed E-state index contributed by atoms with van der Waals surface area (Å²) in [6, 6.07) is 8.41. The van der Waals surface area contributed by atoms with Gasteiger partial charge in [-0.05, 0) is 24.6 Å². The van der Waals surface area contributed by atoms with E-state index in [0.29, 0.717) is 17.9 Å². The monoisotopic (exact) mass is 234 g/mol. The Labute approximate surface area is 99.6 Å². The first-order valence-electron chi connectivity index (χ1n) is 5.25. The molecule has 1 aromatic carbocycles. The molecule has 0 spiro atoms. The van der Waals surface area contributed by atoms with Crippen molar-refractivity contribution in [3.05, 3.63) is 29.8 Å². The number of carboxylic acid groups (broad SMARTS) is 1. The van der Waals surface area contributed by atoms with Crippen LogP contribution in [0, 0.1) is 11.3 Å². The minimum absolute atomic E-state index is 0.253. The number of benzene rings is 1. The first-order valence-corrected chi connectivity index (χ1v) is 5.25. The SMILES string of the molecule is CCOc1cccc(C(C#N)NCC(=O)O)c1. The van der Waals surface area contributed by atoms with E-state index < -0.39 is 12.0 Å². The average Bonchev–Trinajstić information content (AvgIpc) is 2.30. The fourth-order valence-electron chi connectivity index (χ4n) is 1.38. The molecule has 0 amide bonds. The molecular weight excluding hydrogens is 220 g/mol. The van der Waals surface area contributed by atoms with E-state index in [0.717, 1.165) is 0 Å². The van der Waals surface area contributed by atoms with Crippen LogP contribution < -0.4 is 10.1 Å². The van der Waals surface area contributed by atoms with Gasteiger partial charge < -0.3 is 9.84 Å². The van der Waals surface area contributed by atoms with Crippen molar-refractivity contribution in [3.63, 3.8) is 0 Å². The van der Waals surface area contributed by atoms with Gasteiger partial charge in [-0.25, -0.2) is 0 Å². The van der Waals surface area contributed by atoms with Crippen molar-refractivity contribution in [2.75, 3.05) is 13.2 Å². The van der Waals surface area contributed by atoms with Gasteiger partial charge in [-0.2, -0.15) is 5.26 Å². The second kappa shape index (κ2) is 6.51. The summed E-state index contributed by atoms with van der Waals surface area (Å²) in [5, 5.41) is 20.2. The summed E-state index contributed by atoms with van der Waals surface area (Å²) in [7, 11) is 0. The highest BCUT2D eigenvalue weighted by Crippen LogP contribution is 2.18. The van der Waals surface area contributed by atoms with Gasteiger partial charge in [0.25, 0.3) is 0 Å². The third-order valence-electron chi connectivity index (χ3n) is 2.09. The van der Waals surface area contributed by atoms with Crippen LogP contribution in [0.3, 0.4) is 0 Å². The Kier molecular flexibility index (Phi) is 4.98. The molecule has 0 aliphatic carbocycles. The van der Waals surface area contributed by atoms with E-state index in [4.69, 9.17) is 15.1 Å². The summed E-state index contributed by atoms with van der Waals surface area (Å²) in [6.07, 6.45) is 0. The fraction of sp³-hybridized carbons (Fsp3) is 0.333. The minimum atomic E-state index is -0.994. The number of hydrogen-bond donors (Lipinski definition) is 2. The van der Waals surface area contributed by atoms with Crippen LogP contribution in [0.4, 0.5) is 0 Å². The number of nitrogens with zero attached hydrogens (tertiary/aromatic N) is 1. The molecule has 0 aliphatic heterocycles. The van der Waals surface area contributed by atoms with Crippen LogP contribution in [0.2, 0.25) is 0 Å². The smallest absolute Gasteiger partial charge is 0.317 e. The molecule has 1 aromatic rings. The largest absolute Gasteiger partial charge is 0.494 e. The van der Waals surface area contributed by atoms with Gasteiger partial charge in [0, 0.05) is 0 Å². The molecule has 1 rings (SSSR count). The molecule has 0 saturated heterocycles. The molecule has 0 heterocycles. The van der Waals surface area contributed by atoms with Gasteiger partial charge in [0.2, 0.25) is 0 Å². The average molecular weight is 234 g/mol. The van der Waals surface area contributed by atoms with E-state index in [1.807, 2.05) is 13.0 Å². The topological polar surface area (TPSA) is 82.3 Å². The molecule has 0 aliphatic rings. The standard InChI is InChI=1S/C12H14N2O3/c1-2-17-10-5-3-4-9(6-10)11(7-13)14-8-12(15)16/h3-6,11,14H,2,8H2,1H3,(H,15,16). The Morgan fingerprint density at radius 3 is 3.00 bits per heavy atom. The molecule has 0 fully saturated rings. The lowest BCUT2D eigenvalue weighted by atomic mass is 10.1. The molecule has 0 saturated carbocycles. The van der Waals surface area contributed by atoms with Gasteiger partial charge in [-0.3, -0.25) is 10.1 Å². The predicted molar refractivity (Wildman–Crippen MR) is 61.6 cm³/mol. The van der Waals surface area contributed by atoms with Crippen molar-refractivity contribution in [1.82, 2.24) is 5.32 Å². The quantitative estimate of drug-likeness (QED) is 0.775. The molecule has 1 atom stereocenters. The number of carbonyl (C=O) groups is 1. The number of carboxylic acids is 1. The Bertz CT molecular complexity index is 426. The highest BCUT2D eigenvalue weighted by Gasteiger charge is 2.11. The summed E-state index contributed by atoms with van der Waals surface area (Å²) >= 11 is 0. The maximum absolute atomic E-state index is 10.4. The Morgan fingerprint density at radius 2 is 2.41 bits per heavy atom. The highest BCUT2D eigenvalue weighted by atomic mass is 16.5. The lowest BCUT2D eigenvalue weighted by molar-refractivity contribution is -0.136.